The van der Waals surface area contributed by atoms with E-state index in [1.165, 1.54) is 11.1 Å². The number of aliphatic imine (C=N–C) groups is 2. The summed E-state index contributed by atoms with van der Waals surface area (Å²) in [6.45, 7) is 26.0. The third-order valence-electron chi connectivity index (χ3n) is 8.73. The monoisotopic (exact) mass is 772 g/mol. The number of hydrogen-bond acceptors (Lipinski definition) is 5. The average Bonchev–Trinajstić information content (AvgIpc) is 2.93. The summed E-state index contributed by atoms with van der Waals surface area (Å²) in [5, 5.41) is 31.8. The molecular weight excluding hydrogens is 717 g/mol. The van der Waals surface area contributed by atoms with Gasteiger partial charge in [-0.25, -0.2) is 0 Å². The molecule has 0 saturated heterocycles. The van der Waals surface area contributed by atoms with Crippen LogP contribution in [-0.2, 0) is 38.4 Å². The Bertz CT molecular complexity index is 1410. The first-order valence-electron chi connectivity index (χ1n) is 17.0. The molecule has 3 rings (SSSR count). The van der Waals surface area contributed by atoms with E-state index in [9.17, 15) is 41.7 Å². The van der Waals surface area contributed by atoms with Crippen LogP contribution in [0.2, 0.25) is 0 Å². The van der Waals surface area contributed by atoms with Crippen molar-refractivity contribution >= 4 is 12.4 Å². The van der Waals surface area contributed by atoms with Crippen LogP contribution in [0.5, 0.6) is 11.5 Å². The molecule has 1 aliphatic carbocycles. The van der Waals surface area contributed by atoms with Gasteiger partial charge in [0.15, 0.2) is 0 Å². The van der Waals surface area contributed by atoms with Gasteiger partial charge in [-0.15, -0.1) is 0 Å². The molecule has 0 aliphatic heterocycles. The topological polar surface area (TPSA) is 88.2 Å². The predicted octanol–water partition coefficient (Wildman–Crippen LogP) is 9.97. The van der Waals surface area contributed by atoms with Gasteiger partial charge in [-0.05, 0) is 57.8 Å². The number of hydrogen-bond donors (Lipinski definition) is 2. The van der Waals surface area contributed by atoms with Crippen molar-refractivity contribution < 1.29 is 58.4 Å². The zero-order valence-corrected chi connectivity index (χ0v) is 32.9. The van der Waals surface area contributed by atoms with Crippen molar-refractivity contribution in [3.05, 3.63) is 57.6 Å². The molecule has 5 nitrogen and oxygen atoms in total. The van der Waals surface area contributed by atoms with Crippen LogP contribution < -0.4 is 5.11 Å². The summed E-state index contributed by atoms with van der Waals surface area (Å²) in [5.41, 5.74) is 5.39. The van der Waals surface area contributed by atoms with Crippen LogP contribution in [0.3, 0.4) is 0 Å². The summed E-state index contributed by atoms with van der Waals surface area (Å²) in [7, 11) is 0. The second kappa shape index (κ2) is 16.6. The Hall–Kier alpha value is -2.57. The second-order valence-corrected chi connectivity index (χ2v) is 17.4. The van der Waals surface area contributed by atoms with Crippen LogP contribution in [0.15, 0.2) is 34.3 Å². The largest absolute Gasteiger partial charge is 0.839 e. The number of benzene rings is 2. The molecule has 1 saturated carbocycles. The number of halogens is 6. The Kier molecular flexibility index (Phi) is 15.1. The van der Waals surface area contributed by atoms with Crippen molar-refractivity contribution in [3.63, 3.8) is 0 Å². The maximum Gasteiger partial charge on any atom is 0.385 e. The van der Waals surface area contributed by atoms with Crippen LogP contribution in [0, 0.1) is 0 Å². The second-order valence-electron chi connectivity index (χ2n) is 17.4. The third kappa shape index (κ3) is 13.1. The number of phenols is 2. The van der Waals surface area contributed by atoms with Crippen molar-refractivity contribution in [2.45, 2.75) is 161 Å². The number of rotatable bonds is 4. The molecule has 1 aliphatic rings. The zero-order chi connectivity index (χ0) is 38.8. The van der Waals surface area contributed by atoms with E-state index in [-0.39, 0.29) is 50.5 Å². The molecule has 0 spiro atoms. The molecule has 51 heavy (non-hydrogen) atoms. The fraction of sp³-hybridized carbons (Fsp3) is 0.641. The number of phenolic OH excluding ortho intramolecular Hbond substituents is 2. The van der Waals surface area contributed by atoms with Crippen LogP contribution in [0.4, 0.5) is 26.3 Å². The van der Waals surface area contributed by atoms with E-state index < -0.39 is 18.5 Å². The van der Waals surface area contributed by atoms with Gasteiger partial charge in [-0.2, -0.15) is 26.3 Å². The van der Waals surface area contributed by atoms with E-state index in [1.54, 1.807) is 0 Å². The molecule has 0 bridgehead atoms. The van der Waals surface area contributed by atoms with Gasteiger partial charge in [0, 0.05) is 51.5 Å². The maximum absolute atomic E-state index is 11.2. The minimum atomic E-state index is -5.74. The van der Waals surface area contributed by atoms with Crippen molar-refractivity contribution in [2.24, 2.45) is 9.98 Å². The fourth-order valence-electron chi connectivity index (χ4n) is 5.50. The molecule has 2 N–H and O–H groups in total. The number of nitrogens with zero attached hydrogens (tertiary/aromatic N) is 2. The van der Waals surface area contributed by atoms with Gasteiger partial charge >= 0.3 is 12.4 Å². The van der Waals surface area contributed by atoms with Gasteiger partial charge in [0.05, 0.1) is 18.2 Å². The maximum atomic E-state index is 11.2. The van der Waals surface area contributed by atoms with Gasteiger partial charge < -0.3 is 15.3 Å². The summed E-state index contributed by atoms with van der Waals surface area (Å²) < 4.78 is 65.5. The normalized spacial score (nSPS) is 18.2. The molecule has 1 fully saturated rings. The molecule has 12 heteroatoms. The fourth-order valence-corrected chi connectivity index (χ4v) is 5.50. The number of alkyl halides is 6. The Balaban J connectivity index is 0.00000103. The number of aromatic hydroxyl groups is 2. The summed E-state index contributed by atoms with van der Waals surface area (Å²) in [6.07, 6.45) is -8.06. The molecule has 0 aromatic heterocycles. The van der Waals surface area contributed by atoms with Crippen LogP contribution in [-0.4, -0.2) is 53.2 Å². The van der Waals surface area contributed by atoms with Crippen molar-refractivity contribution in [3.8, 4) is 11.5 Å². The van der Waals surface area contributed by atoms with Gasteiger partial charge in [0.1, 0.15) is 11.5 Å². The van der Waals surface area contributed by atoms with E-state index in [0.29, 0.717) is 11.5 Å². The standard InChI is InChI=1S/C36H54N2O2.C3HF6O.Co/c1-33(2,3)25-17-23(31(39)27(19-25)35(7,8)9)21-37-29-15-13-14-16-30(29)38-22-24-18-26(34(4,5)6)20-28(32(24)40)36(10,11)12;4-2(5,6)1(10)3(7,8)9;/h17-22,29-30,39-40H,13-16H2,1-12H3;1H;/q;-1;. The minimum Gasteiger partial charge on any atom is -0.839 e. The predicted molar refractivity (Wildman–Crippen MR) is 188 cm³/mol. The van der Waals surface area contributed by atoms with Crippen molar-refractivity contribution in [1.29, 1.82) is 0 Å². The molecule has 291 valence electrons. The van der Waals surface area contributed by atoms with Crippen molar-refractivity contribution in [2.75, 3.05) is 0 Å². The molecule has 2 aromatic rings. The van der Waals surface area contributed by atoms with Crippen LogP contribution in [0.25, 0.3) is 0 Å². The average molecular weight is 773 g/mol. The summed E-state index contributed by atoms with van der Waals surface area (Å²) >= 11 is 0. The van der Waals surface area contributed by atoms with Crippen LogP contribution in [0.1, 0.15) is 142 Å². The summed E-state index contributed by atoms with van der Waals surface area (Å²) in [4.78, 5) is 10.1. The summed E-state index contributed by atoms with van der Waals surface area (Å²) in [5.74, 6) is 0.637. The van der Waals surface area contributed by atoms with Crippen molar-refractivity contribution in [1.82, 2.24) is 0 Å². The Morgan fingerprint density at radius 3 is 1.10 bits per heavy atom. The van der Waals surface area contributed by atoms with Crippen LogP contribution >= 0.6 is 0 Å². The minimum absolute atomic E-state index is 0. The molecular formula is C39H55CoF6N2O3-. The Labute approximate surface area is 310 Å². The Morgan fingerprint density at radius 2 is 0.882 bits per heavy atom. The zero-order valence-electron chi connectivity index (χ0n) is 31.8. The van der Waals surface area contributed by atoms with E-state index in [1.807, 2.05) is 12.4 Å². The van der Waals surface area contributed by atoms with E-state index >= 15 is 0 Å². The van der Waals surface area contributed by atoms with Gasteiger partial charge in [0.2, 0.25) is 0 Å². The molecule has 2 aromatic carbocycles. The van der Waals surface area contributed by atoms with E-state index in [2.05, 4.69) is 107 Å². The van der Waals surface area contributed by atoms with E-state index in [0.717, 1.165) is 47.9 Å². The molecule has 2 unspecified atom stereocenters. The molecule has 0 amide bonds. The van der Waals surface area contributed by atoms with E-state index in [4.69, 9.17) is 9.98 Å². The van der Waals surface area contributed by atoms with Gasteiger partial charge in [0.25, 0.3) is 0 Å². The third-order valence-corrected chi connectivity index (χ3v) is 8.73. The first-order valence-corrected chi connectivity index (χ1v) is 17.0. The molecule has 1 radical (unpaired) electrons. The van der Waals surface area contributed by atoms with Gasteiger partial charge in [-0.3, -0.25) is 9.98 Å². The Morgan fingerprint density at radius 1 is 0.588 bits per heavy atom. The SMILES string of the molecule is CC(C)(C)c1cc(C=NC2CCCCC2N=Cc2cc(C(C)(C)C)cc(C(C)(C)C)c2O)c(O)c(C(C)(C)C)c1.[Co].[O-]C(C(F)(F)F)C(F)(F)F. The first-order chi connectivity index (χ1) is 22.3. The molecule has 2 atom stereocenters. The smallest absolute Gasteiger partial charge is 0.385 e. The molecule has 0 heterocycles. The summed E-state index contributed by atoms with van der Waals surface area (Å²) in [6, 6.07) is 8.53. The first kappa shape index (κ1) is 46.4. The quantitative estimate of drug-likeness (QED) is 0.240. The van der Waals surface area contributed by atoms with Gasteiger partial charge in [-0.1, -0.05) is 108 Å².